The van der Waals surface area contributed by atoms with Gasteiger partial charge in [-0.2, -0.15) is 0 Å². The van der Waals surface area contributed by atoms with Gasteiger partial charge in [-0.1, -0.05) is 23.7 Å². The van der Waals surface area contributed by atoms with Gasteiger partial charge in [0, 0.05) is 35.0 Å². The monoisotopic (exact) mass is 518 g/mol. The van der Waals surface area contributed by atoms with Gasteiger partial charge in [0.2, 0.25) is 0 Å². The highest BCUT2D eigenvalue weighted by atomic mass is 35.5. The number of nitrogens with one attached hydrogen (secondary N) is 1. The number of halogens is 1. The van der Waals surface area contributed by atoms with Gasteiger partial charge < -0.3 is 24.3 Å². The molecule has 0 unspecified atom stereocenters. The molecule has 6 nitrogen and oxygen atoms in total. The predicted molar refractivity (Wildman–Crippen MR) is 148 cm³/mol. The minimum absolute atomic E-state index is 0.151. The first-order valence-corrected chi connectivity index (χ1v) is 12.4. The average molecular weight is 519 g/mol. The van der Waals surface area contributed by atoms with Crippen molar-refractivity contribution in [2.24, 2.45) is 0 Å². The molecule has 0 saturated carbocycles. The van der Waals surface area contributed by atoms with E-state index in [1.54, 1.807) is 14.2 Å². The first-order valence-electron chi connectivity index (χ1n) is 11.6. The fourth-order valence-electron chi connectivity index (χ4n) is 4.99. The van der Waals surface area contributed by atoms with Crippen molar-refractivity contribution in [3.05, 3.63) is 101 Å². The summed E-state index contributed by atoms with van der Waals surface area (Å²) >= 11 is 12.4. The predicted octanol–water partition coefficient (Wildman–Crippen LogP) is 6.34. The van der Waals surface area contributed by atoms with Crippen molar-refractivity contribution in [3.63, 3.8) is 0 Å². The van der Waals surface area contributed by atoms with Crippen molar-refractivity contribution < 1.29 is 9.47 Å². The van der Waals surface area contributed by atoms with Gasteiger partial charge >= 0.3 is 0 Å². The lowest BCUT2D eigenvalue weighted by atomic mass is 9.96. The Kier molecular flexibility index (Phi) is 6.60. The molecule has 2 aromatic carbocycles. The van der Waals surface area contributed by atoms with Crippen LogP contribution in [0.1, 0.15) is 34.7 Å². The zero-order chi connectivity index (χ0) is 25.4. The number of hydrogen-bond acceptors (Lipinski definition) is 4. The second-order valence-corrected chi connectivity index (χ2v) is 9.47. The van der Waals surface area contributed by atoms with Crippen LogP contribution in [0, 0.1) is 13.8 Å². The largest absolute Gasteiger partial charge is 0.497 e. The fourth-order valence-corrected chi connectivity index (χ4v) is 5.59. The van der Waals surface area contributed by atoms with Gasteiger partial charge in [-0.3, -0.25) is 4.98 Å². The quantitative estimate of drug-likeness (QED) is 0.301. The summed E-state index contributed by atoms with van der Waals surface area (Å²) in [6, 6.07) is 21.7. The second-order valence-electron chi connectivity index (χ2n) is 8.68. The molecule has 1 N–H and O–H groups in total. The fraction of sp³-hybridized carbons (Fsp3) is 0.214. The molecule has 36 heavy (non-hydrogen) atoms. The van der Waals surface area contributed by atoms with E-state index in [2.05, 4.69) is 45.7 Å². The van der Waals surface area contributed by atoms with Crippen LogP contribution in [0.5, 0.6) is 11.5 Å². The van der Waals surface area contributed by atoms with Gasteiger partial charge in [0.15, 0.2) is 5.11 Å². The second kappa shape index (κ2) is 9.84. The molecule has 0 amide bonds. The Morgan fingerprint density at radius 2 is 1.78 bits per heavy atom. The number of ether oxygens (including phenoxy) is 2. The molecule has 3 heterocycles. The summed E-state index contributed by atoms with van der Waals surface area (Å²) in [6.07, 6.45) is 1.81. The molecule has 1 fully saturated rings. The number of nitrogens with zero attached hydrogens (tertiary/aromatic N) is 3. The minimum Gasteiger partial charge on any atom is -0.497 e. The van der Waals surface area contributed by atoms with E-state index in [-0.39, 0.29) is 12.1 Å². The van der Waals surface area contributed by atoms with Gasteiger partial charge in [0.05, 0.1) is 37.0 Å². The Balaban J connectivity index is 1.67. The van der Waals surface area contributed by atoms with E-state index in [1.165, 1.54) is 0 Å². The third kappa shape index (κ3) is 4.18. The van der Waals surface area contributed by atoms with E-state index in [4.69, 9.17) is 33.3 Å². The molecule has 0 bridgehead atoms. The van der Waals surface area contributed by atoms with E-state index in [0.29, 0.717) is 15.9 Å². The lowest BCUT2D eigenvalue weighted by Gasteiger charge is -2.28. The molecule has 184 valence electrons. The van der Waals surface area contributed by atoms with Gasteiger partial charge in [-0.25, -0.2) is 0 Å². The highest BCUT2D eigenvalue weighted by molar-refractivity contribution is 7.80. The van der Waals surface area contributed by atoms with Crippen LogP contribution in [0.25, 0.3) is 5.69 Å². The lowest BCUT2D eigenvalue weighted by molar-refractivity contribution is 0.414. The van der Waals surface area contributed by atoms with Crippen molar-refractivity contribution in [1.29, 1.82) is 0 Å². The summed E-state index contributed by atoms with van der Waals surface area (Å²) < 4.78 is 13.1. The van der Waals surface area contributed by atoms with Crippen LogP contribution in [0.4, 0.5) is 5.69 Å². The number of hydrogen-bond donors (Lipinski definition) is 1. The van der Waals surface area contributed by atoms with Crippen LogP contribution < -0.4 is 19.7 Å². The van der Waals surface area contributed by atoms with Crippen LogP contribution in [-0.2, 0) is 0 Å². The number of thiocarbonyl (C=S) groups is 1. The molecule has 0 aliphatic carbocycles. The Morgan fingerprint density at radius 1 is 0.944 bits per heavy atom. The standard InChI is InChI=1S/C28H27ClN4O2S/c1-17-14-22(18(2)32(17)19-8-7-9-21(15-19)34-3)27-26(24-10-5-6-13-30-24)31-28(36)33(27)20-11-12-25(35-4)23(29)16-20/h5-16,26-27H,1-4H3,(H,31,36)/t26-,27+/m0/s1. The van der Waals surface area contributed by atoms with Gasteiger partial charge in [-0.05, 0) is 80.2 Å². The summed E-state index contributed by atoms with van der Waals surface area (Å²) in [4.78, 5) is 6.79. The molecule has 1 saturated heterocycles. The number of methoxy groups -OCH3 is 2. The SMILES string of the molecule is COc1cccc(-n2c(C)cc([C@@H]3[C@H](c4ccccn4)NC(=S)N3c3ccc(OC)c(Cl)c3)c2C)c1. The number of rotatable bonds is 6. The number of benzene rings is 2. The summed E-state index contributed by atoms with van der Waals surface area (Å²) in [7, 11) is 3.29. The van der Waals surface area contributed by atoms with Crippen LogP contribution in [-0.4, -0.2) is 28.9 Å². The van der Waals surface area contributed by atoms with Crippen LogP contribution >= 0.6 is 23.8 Å². The Labute approximate surface area is 221 Å². The molecular weight excluding hydrogens is 492 g/mol. The Bertz CT molecular complexity index is 1420. The topological polar surface area (TPSA) is 51.5 Å². The first kappa shape index (κ1) is 24.2. The zero-order valence-corrected chi connectivity index (χ0v) is 22.1. The molecule has 8 heteroatoms. The van der Waals surface area contributed by atoms with E-state index < -0.39 is 0 Å². The molecule has 2 aromatic heterocycles. The average Bonchev–Trinajstić information content (AvgIpc) is 3.39. The maximum Gasteiger partial charge on any atom is 0.174 e. The van der Waals surface area contributed by atoms with Crippen molar-refractivity contribution in [2.75, 3.05) is 19.1 Å². The number of pyridine rings is 1. The normalized spacial score (nSPS) is 17.2. The van der Waals surface area contributed by atoms with Crippen molar-refractivity contribution in [2.45, 2.75) is 25.9 Å². The molecule has 0 spiro atoms. The molecule has 0 radical (unpaired) electrons. The van der Waals surface area contributed by atoms with E-state index >= 15 is 0 Å². The highest BCUT2D eigenvalue weighted by Gasteiger charge is 2.42. The lowest BCUT2D eigenvalue weighted by Crippen LogP contribution is -2.29. The number of aryl methyl sites for hydroxylation is 1. The maximum absolute atomic E-state index is 6.53. The smallest absolute Gasteiger partial charge is 0.174 e. The highest BCUT2D eigenvalue weighted by Crippen LogP contribution is 2.45. The molecule has 1 aliphatic heterocycles. The van der Waals surface area contributed by atoms with Gasteiger partial charge in [-0.15, -0.1) is 0 Å². The molecule has 4 aromatic rings. The van der Waals surface area contributed by atoms with Gasteiger partial charge in [0.25, 0.3) is 0 Å². The summed E-state index contributed by atoms with van der Waals surface area (Å²) in [5.41, 5.74) is 6.21. The Morgan fingerprint density at radius 3 is 2.47 bits per heavy atom. The third-order valence-electron chi connectivity index (χ3n) is 6.61. The third-order valence-corrected chi connectivity index (χ3v) is 7.22. The van der Waals surface area contributed by atoms with E-state index in [0.717, 1.165) is 39.8 Å². The molecule has 2 atom stereocenters. The van der Waals surface area contributed by atoms with E-state index in [9.17, 15) is 0 Å². The van der Waals surface area contributed by atoms with Crippen LogP contribution in [0.15, 0.2) is 72.9 Å². The van der Waals surface area contributed by atoms with Gasteiger partial charge in [0.1, 0.15) is 11.5 Å². The van der Waals surface area contributed by atoms with E-state index in [1.807, 2.05) is 60.8 Å². The summed E-state index contributed by atoms with van der Waals surface area (Å²) in [5, 5.41) is 4.66. The first-order chi connectivity index (χ1) is 17.4. The minimum atomic E-state index is -0.154. The molecule has 5 rings (SSSR count). The summed E-state index contributed by atoms with van der Waals surface area (Å²) in [5.74, 6) is 1.43. The molecule has 1 aliphatic rings. The number of anilines is 1. The van der Waals surface area contributed by atoms with Crippen molar-refractivity contribution in [3.8, 4) is 17.2 Å². The van der Waals surface area contributed by atoms with Crippen molar-refractivity contribution in [1.82, 2.24) is 14.9 Å². The van der Waals surface area contributed by atoms with Crippen LogP contribution in [0.2, 0.25) is 5.02 Å². The summed E-state index contributed by atoms with van der Waals surface area (Å²) in [6.45, 7) is 4.25. The molecular formula is C28H27ClN4O2S. The van der Waals surface area contributed by atoms with Crippen LogP contribution in [0.3, 0.4) is 0 Å². The maximum atomic E-state index is 6.53. The Hall–Kier alpha value is -3.55. The number of aromatic nitrogens is 2. The zero-order valence-electron chi connectivity index (χ0n) is 20.5. The van der Waals surface area contributed by atoms with Crippen molar-refractivity contribution >= 4 is 34.6 Å².